The molecule has 1 saturated heterocycles. The minimum Gasteiger partial charge on any atom is -0.462 e. The van der Waals surface area contributed by atoms with Crippen LogP contribution in [-0.4, -0.2) is 57.6 Å². The maximum absolute atomic E-state index is 12.9. The molecule has 0 aromatic heterocycles. The molecule has 142 valence electrons. The topological polar surface area (TPSA) is 98.9 Å². The summed E-state index contributed by atoms with van der Waals surface area (Å²) in [6, 6.07) is 5.49. The zero-order chi connectivity index (χ0) is 17.7. The lowest BCUT2D eigenvalue weighted by molar-refractivity contribution is 0.0401. The van der Waals surface area contributed by atoms with Crippen molar-refractivity contribution in [1.82, 2.24) is 4.31 Å². The van der Waals surface area contributed by atoms with Crippen LogP contribution in [0.3, 0.4) is 0 Å². The summed E-state index contributed by atoms with van der Waals surface area (Å²) in [7, 11) is -2.04. The van der Waals surface area contributed by atoms with Gasteiger partial charge in [-0.15, -0.1) is 12.4 Å². The van der Waals surface area contributed by atoms with Crippen molar-refractivity contribution in [2.45, 2.75) is 36.8 Å². The number of nitrogens with two attached hydrogens (primary N) is 1. The third kappa shape index (κ3) is 4.92. The lowest BCUT2D eigenvalue weighted by atomic mass is 10.0. The highest BCUT2D eigenvalue weighted by atomic mass is 35.5. The molecular formula is C16H25ClN2O5S. The van der Waals surface area contributed by atoms with E-state index in [1.54, 1.807) is 14.0 Å². The third-order valence-corrected chi connectivity index (χ3v) is 6.16. The van der Waals surface area contributed by atoms with Crippen molar-refractivity contribution in [3.63, 3.8) is 0 Å². The molecule has 2 atom stereocenters. The van der Waals surface area contributed by atoms with Crippen molar-refractivity contribution < 1.29 is 22.7 Å². The predicted octanol–water partition coefficient (Wildman–Crippen LogP) is 1.41. The minimum atomic E-state index is -3.66. The van der Waals surface area contributed by atoms with Gasteiger partial charge in [0.25, 0.3) is 0 Å². The molecule has 0 amide bonds. The second-order valence-corrected chi connectivity index (χ2v) is 7.52. The number of ether oxygens (including phenoxy) is 2. The zero-order valence-electron chi connectivity index (χ0n) is 14.4. The van der Waals surface area contributed by atoms with Gasteiger partial charge in [-0.25, -0.2) is 13.2 Å². The number of sulfonamides is 1. The fourth-order valence-electron chi connectivity index (χ4n) is 2.85. The highest BCUT2D eigenvalue weighted by molar-refractivity contribution is 7.89. The first-order valence-electron chi connectivity index (χ1n) is 7.96. The maximum Gasteiger partial charge on any atom is 0.338 e. The summed E-state index contributed by atoms with van der Waals surface area (Å²) < 4.78 is 37.4. The Labute approximate surface area is 154 Å². The molecule has 9 heteroatoms. The van der Waals surface area contributed by atoms with Gasteiger partial charge in [-0.3, -0.25) is 0 Å². The van der Waals surface area contributed by atoms with Crippen molar-refractivity contribution in [3.05, 3.63) is 29.8 Å². The molecule has 25 heavy (non-hydrogen) atoms. The standard InChI is InChI=1S/C16H24N2O5S.ClH/c1-3-23-16(19)12-4-6-15(7-5-12)24(20,21)18-9-8-14(22-2)10-13(18)11-17;/h4-7,13-14H,3,8-11,17H2,1-2H3;1H. The number of esters is 1. The molecule has 0 radical (unpaired) electrons. The van der Waals surface area contributed by atoms with E-state index in [0.717, 1.165) is 0 Å². The fraction of sp³-hybridized carbons (Fsp3) is 0.562. The monoisotopic (exact) mass is 392 g/mol. The van der Waals surface area contributed by atoms with Gasteiger partial charge < -0.3 is 15.2 Å². The summed E-state index contributed by atoms with van der Waals surface area (Å²) in [5.41, 5.74) is 6.08. The Balaban J connectivity index is 0.00000312. The molecule has 1 aromatic rings. The largest absolute Gasteiger partial charge is 0.462 e. The molecule has 1 aromatic carbocycles. The number of rotatable bonds is 6. The molecule has 2 rings (SSSR count). The van der Waals surface area contributed by atoms with Gasteiger partial charge in [-0.05, 0) is 44.0 Å². The zero-order valence-corrected chi connectivity index (χ0v) is 16.0. The van der Waals surface area contributed by atoms with Crippen LogP contribution in [0.2, 0.25) is 0 Å². The number of benzene rings is 1. The molecule has 0 spiro atoms. The van der Waals surface area contributed by atoms with Crippen molar-refractivity contribution in [3.8, 4) is 0 Å². The normalized spacial score (nSPS) is 21.4. The van der Waals surface area contributed by atoms with Crippen LogP contribution in [0, 0.1) is 0 Å². The van der Waals surface area contributed by atoms with E-state index in [2.05, 4.69) is 0 Å². The lowest BCUT2D eigenvalue weighted by Gasteiger charge is -2.37. The quantitative estimate of drug-likeness (QED) is 0.735. The first kappa shape index (κ1) is 21.9. The predicted molar refractivity (Wildman–Crippen MR) is 96.4 cm³/mol. The van der Waals surface area contributed by atoms with Crippen LogP contribution < -0.4 is 5.73 Å². The average molecular weight is 393 g/mol. The van der Waals surface area contributed by atoms with Gasteiger partial charge >= 0.3 is 5.97 Å². The van der Waals surface area contributed by atoms with E-state index in [-0.39, 0.29) is 42.6 Å². The van der Waals surface area contributed by atoms with Crippen LogP contribution in [0.1, 0.15) is 30.1 Å². The van der Waals surface area contributed by atoms with Gasteiger partial charge in [0.15, 0.2) is 0 Å². The average Bonchev–Trinajstić information content (AvgIpc) is 2.61. The molecule has 7 nitrogen and oxygen atoms in total. The Morgan fingerprint density at radius 1 is 1.32 bits per heavy atom. The number of carbonyl (C=O) groups is 1. The van der Waals surface area contributed by atoms with E-state index >= 15 is 0 Å². The van der Waals surface area contributed by atoms with E-state index in [4.69, 9.17) is 15.2 Å². The highest BCUT2D eigenvalue weighted by Gasteiger charge is 2.36. The minimum absolute atomic E-state index is 0. The summed E-state index contributed by atoms with van der Waals surface area (Å²) >= 11 is 0. The Morgan fingerprint density at radius 2 is 1.96 bits per heavy atom. The number of nitrogens with zero attached hydrogens (tertiary/aromatic N) is 1. The molecule has 1 heterocycles. The SMILES string of the molecule is CCOC(=O)c1ccc(S(=O)(=O)N2CCC(OC)CC2CN)cc1.Cl. The van der Waals surface area contributed by atoms with Gasteiger partial charge in [0.1, 0.15) is 0 Å². The first-order chi connectivity index (χ1) is 11.4. The Kier molecular flexibility index (Phi) is 8.30. The van der Waals surface area contributed by atoms with Crippen LogP contribution >= 0.6 is 12.4 Å². The van der Waals surface area contributed by atoms with Crippen molar-refractivity contribution in [1.29, 1.82) is 0 Å². The third-order valence-electron chi connectivity index (χ3n) is 4.19. The fourth-order valence-corrected chi connectivity index (χ4v) is 4.51. The Morgan fingerprint density at radius 3 is 2.48 bits per heavy atom. The molecule has 2 unspecified atom stereocenters. The second-order valence-electron chi connectivity index (χ2n) is 5.63. The molecule has 1 aliphatic rings. The lowest BCUT2D eigenvalue weighted by Crippen LogP contribution is -2.51. The summed E-state index contributed by atoms with van der Waals surface area (Å²) in [6.45, 7) is 2.58. The van der Waals surface area contributed by atoms with Crippen LogP contribution in [0.15, 0.2) is 29.2 Å². The van der Waals surface area contributed by atoms with Crippen molar-refractivity contribution in [2.24, 2.45) is 5.73 Å². The Bertz CT molecular complexity index is 666. The van der Waals surface area contributed by atoms with Crippen LogP contribution in [0.25, 0.3) is 0 Å². The van der Waals surface area contributed by atoms with Gasteiger partial charge in [-0.1, -0.05) is 0 Å². The molecular weight excluding hydrogens is 368 g/mol. The summed E-state index contributed by atoms with van der Waals surface area (Å²) in [5, 5.41) is 0. The van der Waals surface area contributed by atoms with Crippen LogP contribution in [0.5, 0.6) is 0 Å². The summed E-state index contributed by atoms with van der Waals surface area (Å²) in [4.78, 5) is 11.8. The molecule has 1 aliphatic heterocycles. The van der Waals surface area contributed by atoms with Gasteiger partial charge in [0.2, 0.25) is 10.0 Å². The van der Waals surface area contributed by atoms with Gasteiger partial charge in [0.05, 0.1) is 23.2 Å². The number of carbonyl (C=O) groups excluding carboxylic acids is 1. The first-order valence-corrected chi connectivity index (χ1v) is 9.40. The number of halogens is 1. The molecule has 1 fully saturated rings. The van der Waals surface area contributed by atoms with E-state index in [1.807, 2.05) is 0 Å². The van der Waals surface area contributed by atoms with E-state index in [9.17, 15) is 13.2 Å². The second kappa shape index (κ2) is 9.49. The highest BCUT2D eigenvalue weighted by Crippen LogP contribution is 2.26. The number of hydrogen-bond donors (Lipinski definition) is 1. The van der Waals surface area contributed by atoms with Crippen LogP contribution in [-0.2, 0) is 19.5 Å². The molecule has 2 N–H and O–H groups in total. The van der Waals surface area contributed by atoms with E-state index in [0.29, 0.717) is 24.9 Å². The number of methoxy groups -OCH3 is 1. The number of piperidine rings is 1. The van der Waals surface area contributed by atoms with Gasteiger partial charge in [0, 0.05) is 26.2 Å². The summed E-state index contributed by atoms with van der Waals surface area (Å²) in [5.74, 6) is -0.470. The maximum atomic E-state index is 12.9. The van der Waals surface area contributed by atoms with E-state index < -0.39 is 16.0 Å². The van der Waals surface area contributed by atoms with Crippen molar-refractivity contribution >= 4 is 28.4 Å². The molecule has 0 saturated carbocycles. The number of hydrogen-bond acceptors (Lipinski definition) is 6. The Hall–Kier alpha value is -1.19. The van der Waals surface area contributed by atoms with Crippen molar-refractivity contribution in [2.75, 3.05) is 26.8 Å². The van der Waals surface area contributed by atoms with Crippen LogP contribution in [0.4, 0.5) is 0 Å². The van der Waals surface area contributed by atoms with E-state index in [1.165, 1.54) is 28.6 Å². The molecule has 0 bridgehead atoms. The molecule has 0 aliphatic carbocycles. The smallest absolute Gasteiger partial charge is 0.338 e. The summed E-state index contributed by atoms with van der Waals surface area (Å²) in [6.07, 6.45) is 1.23. The van der Waals surface area contributed by atoms with Gasteiger partial charge in [-0.2, -0.15) is 4.31 Å².